The zero-order valence-electron chi connectivity index (χ0n) is 12.3. The van der Waals surface area contributed by atoms with E-state index in [0.717, 1.165) is 38.1 Å². The number of pyridine rings is 1. The number of hydrogen-bond donors (Lipinski definition) is 1. The molecule has 1 saturated heterocycles. The van der Waals surface area contributed by atoms with E-state index in [-0.39, 0.29) is 12.0 Å². The third kappa shape index (κ3) is 3.70. The molecule has 1 amide bonds. The van der Waals surface area contributed by atoms with Crippen molar-refractivity contribution < 1.29 is 9.53 Å². The van der Waals surface area contributed by atoms with Crippen molar-refractivity contribution in [2.75, 3.05) is 32.1 Å². The Morgan fingerprint density at radius 3 is 3.20 bits per heavy atom. The van der Waals surface area contributed by atoms with Gasteiger partial charge in [0.1, 0.15) is 5.69 Å². The monoisotopic (exact) mass is 277 g/mol. The molecule has 1 N–H and O–H groups in total. The highest BCUT2D eigenvalue weighted by Crippen LogP contribution is 2.17. The predicted molar refractivity (Wildman–Crippen MR) is 79.0 cm³/mol. The molecule has 0 bridgehead atoms. The van der Waals surface area contributed by atoms with Crippen LogP contribution in [0.1, 0.15) is 36.7 Å². The zero-order chi connectivity index (χ0) is 14.4. The summed E-state index contributed by atoms with van der Waals surface area (Å²) in [5.74, 6) is -0.00750. The fourth-order valence-electron chi connectivity index (χ4n) is 2.41. The second kappa shape index (κ2) is 7.24. The second-order valence-electron chi connectivity index (χ2n) is 5.07. The van der Waals surface area contributed by atoms with Crippen LogP contribution >= 0.6 is 0 Å². The molecule has 20 heavy (non-hydrogen) atoms. The molecular weight excluding hydrogens is 254 g/mol. The van der Waals surface area contributed by atoms with Gasteiger partial charge in [-0.15, -0.1) is 0 Å². The van der Waals surface area contributed by atoms with Crippen molar-refractivity contribution in [1.82, 2.24) is 9.88 Å². The minimum Gasteiger partial charge on any atom is -0.388 e. The van der Waals surface area contributed by atoms with Gasteiger partial charge in [-0.05, 0) is 31.4 Å². The van der Waals surface area contributed by atoms with Crippen LogP contribution in [0.2, 0.25) is 0 Å². The molecule has 0 aliphatic carbocycles. The van der Waals surface area contributed by atoms with E-state index in [1.807, 2.05) is 18.0 Å². The second-order valence-corrected chi connectivity index (χ2v) is 5.07. The smallest absolute Gasteiger partial charge is 0.272 e. The Morgan fingerprint density at radius 1 is 1.60 bits per heavy atom. The van der Waals surface area contributed by atoms with E-state index >= 15 is 0 Å². The first-order valence-electron chi connectivity index (χ1n) is 7.29. The largest absolute Gasteiger partial charge is 0.388 e. The van der Waals surface area contributed by atoms with Crippen molar-refractivity contribution in [2.45, 2.75) is 32.3 Å². The first-order chi connectivity index (χ1) is 9.74. The van der Waals surface area contributed by atoms with Gasteiger partial charge in [0.2, 0.25) is 0 Å². The van der Waals surface area contributed by atoms with Crippen LogP contribution in [-0.2, 0) is 4.74 Å². The van der Waals surface area contributed by atoms with E-state index in [2.05, 4.69) is 17.2 Å². The van der Waals surface area contributed by atoms with Gasteiger partial charge in [0.15, 0.2) is 0 Å². The number of aromatic nitrogens is 1. The Morgan fingerprint density at radius 2 is 2.45 bits per heavy atom. The summed E-state index contributed by atoms with van der Waals surface area (Å²) < 4.78 is 5.77. The van der Waals surface area contributed by atoms with Gasteiger partial charge in [-0.2, -0.15) is 0 Å². The fourth-order valence-corrected chi connectivity index (χ4v) is 2.41. The number of nitrogens with zero attached hydrogens (tertiary/aromatic N) is 2. The third-order valence-electron chi connectivity index (χ3n) is 3.49. The molecule has 1 aromatic rings. The van der Waals surface area contributed by atoms with Crippen molar-refractivity contribution in [1.29, 1.82) is 0 Å². The number of hydrogen-bond acceptors (Lipinski definition) is 4. The highest BCUT2D eigenvalue weighted by molar-refractivity contribution is 5.93. The van der Waals surface area contributed by atoms with E-state index in [0.29, 0.717) is 12.2 Å². The number of ether oxygens (including phenoxy) is 1. The Hall–Kier alpha value is -1.62. The van der Waals surface area contributed by atoms with Crippen molar-refractivity contribution >= 4 is 11.6 Å². The minimum absolute atomic E-state index is 0.00750. The standard InChI is InChI=1S/C15H23N3O2/c1-3-9-20-13-5-4-8-18(11-13)15(19)14-10-12(16-2)6-7-17-14/h6-7,10,13H,3-5,8-9,11H2,1-2H3,(H,16,17). The lowest BCUT2D eigenvalue weighted by Gasteiger charge is -2.32. The summed E-state index contributed by atoms with van der Waals surface area (Å²) in [6, 6.07) is 3.64. The normalized spacial score (nSPS) is 18.9. The molecule has 1 fully saturated rings. The molecule has 1 unspecified atom stereocenters. The maximum Gasteiger partial charge on any atom is 0.272 e. The van der Waals surface area contributed by atoms with E-state index < -0.39 is 0 Å². The van der Waals surface area contributed by atoms with Crippen molar-refractivity contribution in [3.05, 3.63) is 24.0 Å². The summed E-state index contributed by atoms with van der Waals surface area (Å²) in [7, 11) is 1.83. The van der Waals surface area contributed by atoms with Gasteiger partial charge in [0.25, 0.3) is 5.91 Å². The highest BCUT2D eigenvalue weighted by Gasteiger charge is 2.25. The molecule has 0 spiro atoms. The number of rotatable bonds is 5. The number of amides is 1. The maximum atomic E-state index is 12.5. The highest BCUT2D eigenvalue weighted by atomic mass is 16.5. The molecule has 5 heteroatoms. The van der Waals surface area contributed by atoms with Gasteiger partial charge < -0.3 is 15.0 Å². The number of anilines is 1. The van der Waals surface area contributed by atoms with Gasteiger partial charge in [-0.1, -0.05) is 6.92 Å². The summed E-state index contributed by atoms with van der Waals surface area (Å²) in [5, 5.41) is 3.03. The van der Waals surface area contributed by atoms with E-state index in [4.69, 9.17) is 4.74 Å². The van der Waals surface area contributed by atoms with Gasteiger partial charge in [0.05, 0.1) is 6.10 Å². The topological polar surface area (TPSA) is 54.5 Å². The average molecular weight is 277 g/mol. The maximum absolute atomic E-state index is 12.5. The van der Waals surface area contributed by atoms with Crippen LogP contribution in [-0.4, -0.2) is 48.6 Å². The third-order valence-corrected chi connectivity index (χ3v) is 3.49. The number of carbonyl (C=O) groups is 1. The van der Waals surface area contributed by atoms with Crippen LogP contribution in [0.5, 0.6) is 0 Å². The molecular formula is C15H23N3O2. The lowest BCUT2D eigenvalue weighted by atomic mass is 10.1. The minimum atomic E-state index is -0.00750. The lowest BCUT2D eigenvalue weighted by molar-refractivity contribution is 0.00193. The molecule has 0 saturated carbocycles. The summed E-state index contributed by atoms with van der Waals surface area (Å²) in [4.78, 5) is 18.5. The molecule has 1 aromatic heterocycles. The van der Waals surface area contributed by atoms with Gasteiger partial charge in [-0.3, -0.25) is 9.78 Å². The van der Waals surface area contributed by atoms with Crippen LogP contribution in [0.25, 0.3) is 0 Å². The Kier molecular flexibility index (Phi) is 5.35. The molecule has 5 nitrogen and oxygen atoms in total. The van der Waals surface area contributed by atoms with E-state index in [1.54, 1.807) is 12.3 Å². The molecule has 2 rings (SSSR count). The van der Waals surface area contributed by atoms with Gasteiger partial charge >= 0.3 is 0 Å². The quantitative estimate of drug-likeness (QED) is 0.896. The molecule has 110 valence electrons. The number of piperidine rings is 1. The van der Waals surface area contributed by atoms with E-state index in [1.165, 1.54) is 0 Å². The molecule has 1 atom stereocenters. The zero-order valence-corrected chi connectivity index (χ0v) is 12.3. The number of nitrogens with one attached hydrogen (secondary N) is 1. The lowest BCUT2D eigenvalue weighted by Crippen LogP contribution is -2.43. The predicted octanol–water partition coefficient (Wildman–Crippen LogP) is 2.15. The Bertz CT molecular complexity index is 450. The van der Waals surface area contributed by atoms with Crippen molar-refractivity contribution in [3.63, 3.8) is 0 Å². The van der Waals surface area contributed by atoms with E-state index in [9.17, 15) is 4.79 Å². The van der Waals surface area contributed by atoms with Crippen LogP contribution < -0.4 is 5.32 Å². The molecule has 0 aromatic carbocycles. The summed E-state index contributed by atoms with van der Waals surface area (Å²) in [5.41, 5.74) is 1.40. The SMILES string of the molecule is CCCOC1CCCN(C(=O)c2cc(NC)ccn2)C1. The summed E-state index contributed by atoms with van der Waals surface area (Å²) in [6.07, 6.45) is 4.87. The number of carbonyl (C=O) groups excluding carboxylic acids is 1. The molecule has 1 aliphatic heterocycles. The van der Waals surface area contributed by atoms with Gasteiger partial charge in [-0.25, -0.2) is 0 Å². The Labute approximate surface area is 120 Å². The summed E-state index contributed by atoms with van der Waals surface area (Å²) in [6.45, 7) is 4.32. The van der Waals surface area contributed by atoms with Crippen LogP contribution in [0, 0.1) is 0 Å². The number of likely N-dealkylation sites (tertiary alicyclic amines) is 1. The van der Waals surface area contributed by atoms with Crippen LogP contribution in [0.3, 0.4) is 0 Å². The fraction of sp³-hybridized carbons (Fsp3) is 0.600. The average Bonchev–Trinajstić information content (AvgIpc) is 2.52. The summed E-state index contributed by atoms with van der Waals surface area (Å²) >= 11 is 0. The van der Waals surface area contributed by atoms with Crippen molar-refractivity contribution in [2.24, 2.45) is 0 Å². The molecule has 2 heterocycles. The Balaban J connectivity index is 2.00. The van der Waals surface area contributed by atoms with Crippen LogP contribution in [0.15, 0.2) is 18.3 Å². The molecule has 0 radical (unpaired) electrons. The van der Waals surface area contributed by atoms with Gasteiger partial charge in [0, 0.05) is 38.6 Å². The first-order valence-corrected chi connectivity index (χ1v) is 7.29. The first kappa shape index (κ1) is 14.8. The molecule has 1 aliphatic rings. The van der Waals surface area contributed by atoms with Crippen LogP contribution in [0.4, 0.5) is 5.69 Å². The van der Waals surface area contributed by atoms with Crippen molar-refractivity contribution in [3.8, 4) is 0 Å².